The molecule has 1 N–H and O–H groups in total. The van der Waals surface area contributed by atoms with E-state index in [2.05, 4.69) is 10.2 Å². The topological polar surface area (TPSA) is 41.6 Å². The second kappa shape index (κ2) is 5.74. The quantitative estimate of drug-likeness (QED) is 0.943. The van der Waals surface area contributed by atoms with Gasteiger partial charge in [-0.2, -0.15) is 0 Å². The summed E-state index contributed by atoms with van der Waals surface area (Å²) in [5.74, 6) is 1.40. The molecule has 22 heavy (non-hydrogen) atoms. The summed E-state index contributed by atoms with van der Waals surface area (Å²) in [5, 5.41) is 6.00. The third-order valence-corrected chi connectivity index (χ3v) is 5.22. The molecule has 2 aromatic rings. The van der Waals surface area contributed by atoms with Crippen LogP contribution in [0.1, 0.15) is 16.8 Å². The van der Waals surface area contributed by atoms with Gasteiger partial charge >= 0.3 is 0 Å². The van der Waals surface area contributed by atoms with Gasteiger partial charge in [-0.1, -0.05) is 0 Å². The molecule has 2 aliphatic heterocycles. The zero-order valence-electron chi connectivity index (χ0n) is 12.2. The van der Waals surface area contributed by atoms with Crippen LogP contribution in [0.25, 0.3) is 0 Å². The molecular formula is C17H18N2O2S. The van der Waals surface area contributed by atoms with Crippen molar-refractivity contribution in [1.82, 2.24) is 10.2 Å². The van der Waals surface area contributed by atoms with Gasteiger partial charge in [0.1, 0.15) is 5.75 Å². The number of nitrogens with one attached hydrogen (secondary N) is 1. The van der Waals surface area contributed by atoms with Crippen LogP contribution < -0.4 is 10.1 Å². The van der Waals surface area contributed by atoms with Crippen molar-refractivity contribution in [1.29, 1.82) is 0 Å². The highest BCUT2D eigenvalue weighted by Crippen LogP contribution is 2.28. The largest absolute Gasteiger partial charge is 0.447 e. The van der Waals surface area contributed by atoms with Crippen molar-refractivity contribution in [3.05, 3.63) is 47.3 Å². The first-order valence-electron chi connectivity index (χ1n) is 7.62. The molecule has 5 heteroatoms. The number of thiophene rings is 1. The van der Waals surface area contributed by atoms with E-state index in [9.17, 15) is 4.79 Å². The summed E-state index contributed by atoms with van der Waals surface area (Å²) in [7, 11) is 0. The maximum atomic E-state index is 12.3. The molecule has 114 valence electrons. The van der Waals surface area contributed by atoms with Gasteiger partial charge in [-0.3, -0.25) is 4.79 Å². The molecule has 2 saturated heterocycles. The number of rotatable bonds is 4. The van der Waals surface area contributed by atoms with Crippen molar-refractivity contribution in [2.24, 2.45) is 5.92 Å². The zero-order valence-corrected chi connectivity index (χ0v) is 13.0. The van der Waals surface area contributed by atoms with Crippen molar-refractivity contribution in [2.45, 2.75) is 12.5 Å². The number of fused-ring (bicyclic) bond motifs is 2. The first kappa shape index (κ1) is 13.8. The molecule has 1 aromatic heterocycles. The highest BCUT2D eigenvalue weighted by Gasteiger charge is 2.38. The van der Waals surface area contributed by atoms with Crippen molar-refractivity contribution in [2.75, 3.05) is 19.6 Å². The fourth-order valence-corrected chi connectivity index (χ4v) is 3.90. The molecule has 0 radical (unpaired) electrons. The predicted molar refractivity (Wildman–Crippen MR) is 86.6 cm³/mol. The third kappa shape index (κ3) is 2.74. The molecule has 2 bridgehead atoms. The molecule has 2 aliphatic rings. The summed E-state index contributed by atoms with van der Waals surface area (Å²) in [6.07, 6.45) is 1.21. The Labute approximate surface area is 133 Å². The molecule has 0 spiro atoms. The highest BCUT2D eigenvalue weighted by molar-refractivity contribution is 7.11. The summed E-state index contributed by atoms with van der Waals surface area (Å²) in [4.78, 5) is 14.8. The summed E-state index contributed by atoms with van der Waals surface area (Å²) in [6.45, 7) is 3.32. The molecule has 1 aromatic carbocycles. The van der Waals surface area contributed by atoms with Crippen LogP contribution in [0.15, 0.2) is 41.8 Å². The molecule has 3 heterocycles. The van der Waals surface area contributed by atoms with Gasteiger partial charge in [0.25, 0.3) is 5.91 Å². The number of carbonyl (C=O) groups is 1. The predicted octanol–water partition coefficient (Wildman–Crippen LogP) is 2.97. The van der Waals surface area contributed by atoms with Crippen molar-refractivity contribution < 1.29 is 9.53 Å². The van der Waals surface area contributed by atoms with E-state index in [0.717, 1.165) is 23.9 Å². The summed E-state index contributed by atoms with van der Waals surface area (Å²) < 4.78 is 5.71. The minimum atomic E-state index is 0.0152. The van der Waals surface area contributed by atoms with Crippen LogP contribution in [0.5, 0.6) is 10.8 Å². The normalized spacial score (nSPS) is 26.1. The molecular weight excluding hydrogens is 296 g/mol. The van der Waals surface area contributed by atoms with Crippen LogP contribution in [-0.4, -0.2) is 36.5 Å². The number of benzene rings is 1. The number of ether oxygens (including phenoxy) is 1. The average molecular weight is 314 g/mol. The SMILES string of the molecule is O=C(NC1CN2CC[C@H]1C2)c1ccc(Oc2cccs2)cc1. The first-order valence-corrected chi connectivity index (χ1v) is 8.50. The Balaban J connectivity index is 1.38. The standard InChI is InChI=1S/C17H18N2O2S/c20-17(18-15-11-19-8-7-13(15)10-19)12-3-5-14(6-4-12)21-16-2-1-9-22-16/h1-6,9,13,15H,7-8,10-11H2,(H,18,20)/t13-,15?/m0/s1. The Bertz CT molecular complexity index is 654. The van der Waals surface area contributed by atoms with E-state index >= 15 is 0 Å². The van der Waals surface area contributed by atoms with Gasteiger partial charge in [-0.25, -0.2) is 0 Å². The number of nitrogens with zero attached hydrogens (tertiary/aromatic N) is 1. The van der Waals surface area contributed by atoms with Crippen LogP contribution in [0, 0.1) is 5.92 Å². The van der Waals surface area contributed by atoms with Crippen LogP contribution in [0.2, 0.25) is 0 Å². The van der Waals surface area contributed by atoms with Gasteiger partial charge in [0.15, 0.2) is 5.06 Å². The minimum Gasteiger partial charge on any atom is -0.447 e. The van der Waals surface area contributed by atoms with E-state index in [-0.39, 0.29) is 5.91 Å². The van der Waals surface area contributed by atoms with E-state index in [1.54, 1.807) is 11.3 Å². The Hall–Kier alpha value is -1.85. The molecule has 3 atom stereocenters. The van der Waals surface area contributed by atoms with Crippen LogP contribution in [0.4, 0.5) is 0 Å². The van der Waals surface area contributed by atoms with Crippen LogP contribution in [-0.2, 0) is 0 Å². The first-order chi connectivity index (χ1) is 10.8. The number of amides is 1. The monoisotopic (exact) mass is 314 g/mol. The van der Waals surface area contributed by atoms with Gasteiger partial charge in [0.2, 0.25) is 0 Å². The molecule has 2 fully saturated rings. The fourth-order valence-electron chi connectivity index (χ4n) is 3.31. The number of carbonyl (C=O) groups excluding carboxylic acids is 1. The smallest absolute Gasteiger partial charge is 0.251 e. The lowest BCUT2D eigenvalue weighted by Gasteiger charge is -2.23. The van der Waals surface area contributed by atoms with E-state index in [1.807, 2.05) is 41.8 Å². The highest BCUT2D eigenvalue weighted by atomic mass is 32.1. The van der Waals surface area contributed by atoms with Crippen LogP contribution >= 0.6 is 11.3 Å². The molecule has 4 rings (SSSR count). The second-order valence-electron chi connectivity index (χ2n) is 5.95. The summed E-state index contributed by atoms with van der Waals surface area (Å²) >= 11 is 1.55. The van der Waals surface area contributed by atoms with Gasteiger partial charge in [-0.15, -0.1) is 11.3 Å². The van der Waals surface area contributed by atoms with Crippen LogP contribution in [0.3, 0.4) is 0 Å². The number of piperidine rings is 1. The van der Waals surface area contributed by atoms with Crippen molar-refractivity contribution in [3.63, 3.8) is 0 Å². The van der Waals surface area contributed by atoms with E-state index in [0.29, 0.717) is 17.5 Å². The van der Waals surface area contributed by atoms with Crippen molar-refractivity contribution in [3.8, 4) is 10.8 Å². The lowest BCUT2D eigenvalue weighted by molar-refractivity contribution is 0.0924. The maximum absolute atomic E-state index is 12.3. The number of hydrogen-bond acceptors (Lipinski definition) is 4. The zero-order chi connectivity index (χ0) is 14.9. The van der Waals surface area contributed by atoms with E-state index in [1.165, 1.54) is 13.0 Å². The number of hydrogen-bond donors (Lipinski definition) is 1. The van der Waals surface area contributed by atoms with E-state index < -0.39 is 0 Å². The minimum absolute atomic E-state index is 0.0152. The molecule has 0 aliphatic carbocycles. The third-order valence-electron chi connectivity index (χ3n) is 4.48. The van der Waals surface area contributed by atoms with E-state index in [4.69, 9.17) is 4.74 Å². The fraction of sp³-hybridized carbons (Fsp3) is 0.353. The maximum Gasteiger partial charge on any atom is 0.251 e. The molecule has 4 nitrogen and oxygen atoms in total. The van der Waals surface area contributed by atoms with Gasteiger partial charge < -0.3 is 15.0 Å². The van der Waals surface area contributed by atoms with Gasteiger partial charge in [-0.05, 0) is 60.7 Å². The van der Waals surface area contributed by atoms with Crippen molar-refractivity contribution >= 4 is 17.2 Å². The molecule has 1 amide bonds. The Morgan fingerprint density at radius 2 is 2.09 bits per heavy atom. The molecule has 2 unspecified atom stereocenters. The van der Waals surface area contributed by atoms with Gasteiger partial charge in [0, 0.05) is 24.7 Å². The summed E-state index contributed by atoms with van der Waals surface area (Å²) in [6, 6.07) is 11.5. The average Bonchev–Trinajstić information content (AvgIpc) is 3.25. The Morgan fingerprint density at radius 1 is 1.23 bits per heavy atom. The summed E-state index contributed by atoms with van der Waals surface area (Å²) in [5.41, 5.74) is 0.691. The Kier molecular flexibility index (Phi) is 3.60. The molecule has 0 saturated carbocycles. The second-order valence-corrected chi connectivity index (χ2v) is 6.86. The Morgan fingerprint density at radius 3 is 2.73 bits per heavy atom. The lowest BCUT2D eigenvalue weighted by Crippen LogP contribution is -2.43. The van der Waals surface area contributed by atoms with Gasteiger partial charge in [0.05, 0.1) is 0 Å². The lowest BCUT2D eigenvalue weighted by atomic mass is 9.99.